The van der Waals surface area contributed by atoms with Gasteiger partial charge in [0.1, 0.15) is 17.4 Å². The number of carbonyl (C=O) groups excluding carboxylic acids is 1. The van der Waals surface area contributed by atoms with Crippen molar-refractivity contribution in [1.82, 2.24) is 0 Å². The lowest BCUT2D eigenvalue weighted by molar-refractivity contribution is -0.114. The number of hydrogen-bond acceptors (Lipinski definition) is 3. The molecule has 0 aliphatic rings. The molecular weight excluding hydrogens is 305 g/mol. The molecule has 2 aromatic rings. The van der Waals surface area contributed by atoms with Crippen LogP contribution in [0.1, 0.15) is 5.56 Å². The van der Waals surface area contributed by atoms with Crippen molar-refractivity contribution in [1.29, 1.82) is 5.26 Å². The lowest BCUT2D eigenvalue weighted by Crippen LogP contribution is -2.30. The fourth-order valence-electron chi connectivity index (χ4n) is 1.98. The van der Waals surface area contributed by atoms with E-state index < -0.39 is 5.82 Å². The zero-order valence-electron chi connectivity index (χ0n) is 11.8. The molecule has 0 radical (unpaired) electrons. The van der Waals surface area contributed by atoms with Crippen molar-refractivity contribution < 1.29 is 9.18 Å². The van der Waals surface area contributed by atoms with Crippen molar-refractivity contribution in [3.63, 3.8) is 0 Å². The van der Waals surface area contributed by atoms with Gasteiger partial charge in [-0.05, 0) is 36.4 Å². The van der Waals surface area contributed by atoms with Crippen molar-refractivity contribution >= 4 is 28.9 Å². The van der Waals surface area contributed by atoms with Gasteiger partial charge in [-0.25, -0.2) is 4.39 Å². The minimum Gasteiger partial charge on any atom is -0.364 e. The lowest BCUT2D eigenvalue weighted by atomic mass is 10.1. The molecule has 2 aromatic carbocycles. The average molecular weight is 318 g/mol. The largest absolute Gasteiger partial charge is 0.364 e. The summed E-state index contributed by atoms with van der Waals surface area (Å²) in [7, 11) is 1.62. The number of likely N-dealkylation sites (N-methyl/N-ethyl adjacent to an activating group) is 1. The van der Waals surface area contributed by atoms with Gasteiger partial charge in [-0.1, -0.05) is 17.7 Å². The molecule has 0 bridgehead atoms. The van der Waals surface area contributed by atoms with Crippen LogP contribution in [0.4, 0.5) is 15.8 Å². The standard InChI is InChI=1S/C16H13ClFN3O/c1-21(15-4-2-3-14(18)13(15)9-19)10-16(22)20-12-7-5-11(17)6-8-12/h2-8H,10H2,1H3,(H,20,22). The highest BCUT2D eigenvalue weighted by Gasteiger charge is 2.14. The highest BCUT2D eigenvalue weighted by molar-refractivity contribution is 6.30. The van der Waals surface area contributed by atoms with Crippen LogP contribution in [-0.4, -0.2) is 19.5 Å². The molecule has 0 aliphatic carbocycles. The van der Waals surface area contributed by atoms with Crippen molar-refractivity contribution in [3.05, 3.63) is 58.9 Å². The van der Waals surface area contributed by atoms with Gasteiger partial charge in [0, 0.05) is 17.8 Å². The van der Waals surface area contributed by atoms with Gasteiger partial charge in [-0.2, -0.15) is 5.26 Å². The molecule has 0 saturated carbocycles. The third-order valence-electron chi connectivity index (χ3n) is 3.02. The Bertz CT molecular complexity index is 725. The molecule has 1 amide bonds. The van der Waals surface area contributed by atoms with Gasteiger partial charge in [0.2, 0.25) is 5.91 Å². The van der Waals surface area contributed by atoms with E-state index in [1.807, 2.05) is 6.07 Å². The molecule has 4 nitrogen and oxygen atoms in total. The summed E-state index contributed by atoms with van der Waals surface area (Å²) >= 11 is 5.77. The van der Waals surface area contributed by atoms with Gasteiger partial charge in [0.15, 0.2) is 0 Å². The van der Waals surface area contributed by atoms with Gasteiger partial charge < -0.3 is 10.2 Å². The molecule has 2 rings (SSSR count). The topological polar surface area (TPSA) is 56.1 Å². The van der Waals surface area contributed by atoms with Crippen LogP contribution in [0.15, 0.2) is 42.5 Å². The first-order valence-corrected chi connectivity index (χ1v) is 6.84. The van der Waals surface area contributed by atoms with E-state index in [9.17, 15) is 9.18 Å². The minimum atomic E-state index is -0.607. The number of nitriles is 1. The fraction of sp³-hybridized carbons (Fsp3) is 0.125. The van der Waals surface area contributed by atoms with Crippen LogP contribution in [0, 0.1) is 17.1 Å². The summed E-state index contributed by atoms with van der Waals surface area (Å²) in [5.41, 5.74) is 0.903. The van der Waals surface area contributed by atoms with E-state index >= 15 is 0 Å². The minimum absolute atomic E-state index is 0.0131. The monoisotopic (exact) mass is 317 g/mol. The molecule has 0 aromatic heterocycles. The Morgan fingerprint density at radius 3 is 2.64 bits per heavy atom. The van der Waals surface area contributed by atoms with Gasteiger partial charge in [-0.3, -0.25) is 4.79 Å². The normalized spacial score (nSPS) is 9.91. The van der Waals surface area contributed by atoms with E-state index in [1.165, 1.54) is 17.0 Å². The molecule has 22 heavy (non-hydrogen) atoms. The predicted octanol–water partition coefficient (Wildman–Crippen LogP) is 3.43. The zero-order chi connectivity index (χ0) is 16.1. The van der Waals surface area contributed by atoms with E-state index in [2.05, 4.69) is 5.32 Å². The molecule has 0 spiro atoms. The first kappa shape index (κ1) is 15.8. The smallest absolute Gasteiger partial charge is 0.243 e. The molecule has 6 heteroatoms. The fourth-order valence-corrected chi connectivity index (χ4v) is 2.10. The predicted molar refractivity (Wildman–Crippen MR) is 84.5 cm³/mol. The van der Waals surface area contributed by atoms with E-state index in [1.54, 1.807) is 37.4 Å². The maximum Gasteiger partial charge on any atom is 0.243 e. The number of benzene rings is 2. The number of hydrogen-bond donors (Lipinski definition) is 1. The van der Waals surface area contributed by atoms with Gasteiger partial charge in [0.25, 0.3) is 0 Å². The number of anilines is 2. The molecule has 0 unspecified atom stereocenters. The second kappa shape index (κ2) is 6.92. The van der Waals surface area contributed by atoms with Gasteiger partial charge in [0.05, 0.1) is 12.2 Å². The van der Waals surface area contributed by atoms with Crippen LogP contribution in [0.5, 0.6) is 0 Å². The third kappa shape index (κ3) is 3.74. The Balaban J connectivity index is 2.07. The first-order valence-electron chi connectivity index (χ1n) is 6.46. The number of nitrogens with one attached hydrogen (secondary N) is 1. The van der Waals surface area contributed by atoms with Crippen molar-refractivity contribution in [2.75, 3.05) is 23.8 Å². The SMILES string of the molecule is CN(CC(=O)Nc1ccc(Cl)cc1)c1cccc(F)c1C#N. The van der Waals surface area contributed by atoms with Crippen molar-refractivity contribution in [2.45, 2.75) is 0 Å². The van der Waals surface area contributed by atoms with Crippen LogP contribution in [-0.2, 0) is 4.79 Å². The van der Waals surface area contributed by atoms with E-state index in [-0.39, 0.29) is 18.0 Å². The summed E-state index contributed by atoms with van der Waals surface area (Å²) in [5, 5.41) is 12.3. The molecular formula is C16H13ClFN3O. The van der Waals surface area contributed by atoms with E-state index in [0.29, 0.717) is 16.4 Å². The summed E-state index contributed by atoms with van der Waals surface area (Å²) in [4.78, 5) is 13.5. The Kier molecular flexibility index (Phi) is 4.97. The number of amides is 1. The Labute approximate surface area is 132 Å². The zero-order valence-corrected chi connectivity index (χ0v) is 12.6. The molecule has 0 aliphatic heterocycles. The molecule has 0 heterocycles. The molecule has 0 saturated heterocycles. The van der Waals surface area contributed by atoms with Crippen LogP contribution in [0.2, 0.25) is 5.02 Å². The second-order valence-electron chi connectivity index (χ2n) is 4.66. The number of rotatable bonds is 4. The van der Waals surface area contributed by atoms with Crippen LogP contribution >= 0.6 is 11.6 Å². The van der Waals surface area contributed by atoms with Gasteiger partial charge in [-0.15, -0.1) is 0 Å². The van der Waals surface area contributed by atoms with Gasteiger partial charge >= 0.3 is 0 Å². The number of nitrogens with zero attached hydrogens (tertiary/aromatic N) is 2. The van der Waals surface area contributed by atoms with Crippen molar-refractivity contribution in [2.24, 2.45) is 0 Å². The summed E-state index contributed by atoms with van der Waals surface area (Å²) in [6.07, 6.45) is 0. The average Bonchev–Trinajstić information content (AvgIpc) is 2.49. The van der Waals surface area contributed by atoms with E-state index in [4.69, 9.17) is 16.9 Å². The number of halogens is 2. The Hall–Kier alpha value is -2.58. The first-order chi connectivity index (χ1) is 10.5. The van der Waals surface area contributed by atoms with Crippen molar-refractivity contribution in [3.8, 4) is 6.07 Å². The summed E-state index contributed by atoms with van der Waals surface area (Å²) in [6.45, 7) is -0.0131. The lowest BCUT2D eigenvalue weighted by Gasteiger charge is -2.20. The number of carbonyl (C=O) groups is 1. The quantitative estimate of drug-likeness (QED) is 0.940. The van der Waals surface area contributed by atoms with Crippen LogP contribution < -0.4 is 10.2 Å². The molecule has 0 atom stereocenters. The maximum atomic E-state index is 13.6. The summed E-state index contributed by atoms with van der Waals surface area (Å²) in [6, 6.07) is 12.8. The third-order valence-corrected chi connectivity index (χ3v) is 3.28. The highest BCUT2D eigenvalue weighted by Crippen LogP contribution is 2.21. The molecule has 1 N–H and O–H groups in total. The summed E-state index contributed by atoms with van der Waals surface area (Å²) < 4.78 is 13.6. The highest BCUT2D eigenvalue weighted by atomic mass is 35.5. The molecule has 0 fully saturated rings. The second-order valence-corrected chi connectivity index (χ2v) is 5.09. The maximum absolute atomic E-state index is 13.6. The Morgan fingerprint density at radius 1 is 1.32 bits per heavy atom. The summed E-state index contributed by atoms with van der Waals surface area (Å²) in [5.74, 6) is -0.886. The van der Waals surface area contributed by atoms with Crippen LogP contribution in [0.25, 0.3) is 0 Å². The van der Waals surface area contributed by atoms with Crippen LogP contribution in [0.3, 0.4) is 0 Å². The van der Waals surface area contributed by atoms with E-state index in [0.717, 1.165) is 0 Å². The molecule has 112 valence electrons. The Morgan fingerprint density at radius 2 is 2.00 bits per heavy atom.